The minimum Gasteiger partial charge on any atom is -0.373 e. The molecule has 1 atom stereocenters. The third-order valence-corrected chi connectivity index (χ3v) is 8.40. The molecule has 0 amide bonds. The largest absolute Gasteiger partial charge is 0.373 e. The zero-order chi connectivity index (χ0) is 22.6. The lowest BCUT2D eigenvalue weighted by molar-refractivity contribution is 0.0638. The van der Waals surface area contributed by atoms with Gasteiger partial charge in [-0.2, -0.15) is 4.98 Å². The van der Waals surface area contributed by atoms with Crippen LogP contribution in [0.1, 0.15) is 73.4 Å². The number of fused-ring (bicyclic) bond motifs is 4. The van der Waals surface area contributed by atoms with Crippen LogP contribution in [-0.2, 0) is 12.0 Å². The van der Waals surface area contributed by atoms with Gasteiger partial charge in [0.2, 0.25) is 5.95 Å². The van der Waals surface area contributed by atoms with Gasteiger partial charge in [0.05, 0.1) is 17.7 Å². The Kier molecular flexibility index (Phi) is 4.71. The summed E-state index contributed by atoms with van der Waals surface area (Å²) in [6.45, 7) is 2.06. The van der Waals surface area contributed by atoms with Crippen molar-refractivity contribution < 1.29 is 4.39 Å². The van der Waals surface area contributed by atoms with Crippen molar-refractivity contribution in [2.24, 2.45) is 0 Å². The van der Waals surface area contributed by atoms with Crippen LogP contribution in [0.15, 0.2) is 36.8 Å². The molecule has 0 saturated heterocycles. The molecule has 0 unspecified atom stereocenters. The lowest BCUT2D eigenvalue weighted by Crippen LogP contribution is -2.54. The van der Waals surface area contributed by atoms with Crippen LogP contribution < -0.4 is 10.6 Å². The molecular weight excluding hydrogens is 415 g/mol. The summed E-state index contributed by atoms with van der Waals surface area (Å²) in [6, 6.07) is 6.87. The molecule has 4 aliphatic rings. The number of hydrogen-bond acceptors (Lipinski definition) is 5. The van der Waals surface area contributed by atoms with Crippen LogP contribution in [0.5, 0.6) is 0 Å². The molecule has 7 rings (SSSR count). The lowest BCUT2D eigenvalue weighted by atomic mass is 9.61. The number of rotatable bonds is 5. The van der Waals surface area contributed by atoms with E-state index >= 15 is 0 Å². The molecule has 4 aliphatic carbocycles. The van der Waals surface area contributed by atoms with Crippen LogP contribution in [-0.4, -0.2) is 32.1 Å². The minimum atomic E-state index is -0.200. The van der Waals surface area contributed by atoms with E-state index in [0.717, 1.165) is 80.1 Å². The van der Waals surface area contributed by atoms with Gasteiger partial charge in [0, 0.05) is 35.8 Å². The highest BCUT2D eigenvalue weighted by molar-refractivity contribution is 5.55. The molecule has 1 aromatic carbocycles. The van der Waals surface area contributed by atoms with Gasteiger partial charge >= 0.3 is 0 Å². The molecule has 0 radical (unpaired) electrons. The van der Waals surface area contributed by atoms with Crippen LogP contribution in [0.3, 0.4) is 0 Å². The first-order valence-corrected chi connectivity index (χ1v) is 12.1. The quantitative estimate of drug-likeness (QED) is 0.567. The SMILES string of the molecule is CNc1nc(NC23CCC(n4cnc(C)c4)(CC2)CC3)nc2c1CC[C@H]2c1ccc(F)cc1. The normalized spacial score (nSPS) is 28.0. The van der Waals surface area contributed by atoms with Crippen LogP contribution in [0, 0.1) is 12.7 Å². The molecule has 2 bridgehead atoms. The Labute approximate surface area is 194 Å². The fourth-order valence-corrected chi connectivity index (χ4v) is 6.40. The minimum absolute atomic E-state index is 0.0562. The molecule has 33 heavy (non-hydrogen) atoms. The van der Waals surface area contributed by atoms with Crippen molar-refractivity contribution in [1.82, 2.24) is 19.5 Å². The molecule has 172 valence electrons. The van der Waals surface area contributed by atoms with E-state index in [9.17, 15) is 4.39 Å². The summed E-state index contributed by atoms with van der Waals surface area (Å²) in [5, 5.41) is 7.09. The molecule has 6 nitrogen and oxygen atoms in total. The highest BCUT2D eigenvalue weighted by Crippen LogP contribution is 2.52. The second-order valence-corrected chi connectivity index (χ2v) is 10.2. The average Bonchev–Trinajstić information content (AvgIpc) is 3.47. The Balaban J connectivity index is 1.27. The van der Waals surface area contributed by atoms with Gasteiger partial charge in [0.15, 0.2) is 0 Å². The first-order chi connectivity index (χ1) is 16.0. The average molecular weight is 447 g/mol. The Morgan fingerprint density at radius 1 is 1.03 bits per heavy atom. The molecule has 3 aromatic rings. The predicted octanol–water partition coefficient (Wildman–Crippen LogP) is 5.15. The Morgan fingerprint density at radius 2 is 1.76 bits per heavy atom. The molecular formula is C26H31FN6. The fourth-order valence-electron chi connectivity index (χ4n) is 6.40. The van der Waals surface area contributed by atoms with Crippen molar-refractivity contribution in [1.29, 1.82) is 0 Å². The molecule has 0 aliphatic heterocycles. The molecule has 0 spiro atoms. The van der Waals surface area contributed by atoms with Gasteiger partial charge in [-0.05, 0) is 76.0 Å². The fraction of sp³-hybridized carbons (Fsp3) is 0.500. The van der Waals surface area contributed by atoms with E-state index in [4.69, 9.17) is 9.97 Å². The van der Waals surface area contributed by atoms with Crippen molar-refractivity contribution >= 4 is 11.8 Å². The van der Waals surface area contributed by atoms with E-state index in [1.165, 1.54) is 5.56 Å². The van der Waals surface area contributed by atoms with Gasteiger partial charge < -0.3 is 15.2 Å². The van der Waals surface area contributed by atoms with Gasteiger partial charge in [0.1, 0.15) is 11.6 Å². The zero-order valence-electron chi connectivity index (χ0n) is 19.4. The van der Waals surface area contributed by atoms with Crippen molar-refractivity contribution in [3.8, 4) is 0 Å². The highest BCUT2D eigenvalue weighted by Gasteiger charge is 2.50. The molecule has 2 N–H and O–H groups in total. The molecule has 7 heteroatoms. The maximum Gasteiger partial charge on any atom is 0.225 e. The van der Waals surface area contributed by atoms with E-state index < -0.39 is 0 Å². The summed E-state index contributed by atoms with van der Waals surface area (Å²) >= 11 is 0. The van der Waals surface area contributed by atoms with Gasteiger partial charge in [-0.1, -0.05) is 12.1 Å². The topological polar surface area (TPSA) is 67.7 Å². The number of hydrogen-bond donors (Lipinski definition) is 2. The summed E-state index contributed by atoms with van der Waals surface area (Å²) in [4.78, 5) is 14.4. The number of nitrogens with zero attached hydrogens (tertiary/aromatic N) is 4. The lowest BCUT2D eigenvalue weighted by Gasteiger charge is -2.54. The zero-order valence-corrected chi connectivity index (χ0v) is 19.4. The smallest absolute Gasteiger partial charge is 0.225 e. The Hall–Kier alpha value is -2.96. The molecule has 3 fully saturated rings. The maximum atomic E-state index is 13.5. The number of aromatic nitrogens is 4. The van der Waals surface area contributed by atoms with Gasteiger partial charge in [-0.25, -0.2) is 14.4 Å². The summed E-state index contributed by atoms with van der Waals surface area (Å²) < 4.78 is 15.8. The molecule has 2 heterocycles. The predicted molar refractivity (Wildman–Crippen MR) is 127 cm³/mol. The van der Waals surface area contributed by atoms with Gasteiger partial charge in [-0.3, -0.25) is 0 Å². The molecule has 2 aromatic heterocycles. The van der Waals surface area contributed by atoms with E-state index in [1.54, 1.807) is 12.1 Å². The van der Waals surface area contributed by atoms with Crippen molar-refractivity contribution in [2.45, 2.75) is 75.3 Å². The third kappa shape index (κ3) is 3.40. The van der Waals surface area contributed by atoms with Gasteiger partial charge in [0.25, 0.3) is 0 Å². The highest BCUT2D eigenvalue weighted by atomic mass is 19.1. The first kappa shape index (κ1) is 20.6. The summed E-state index contributed by atoms with van der Waals surface area (Å²) in [5.74, 6) is 1.62. The van der Waals surface area contributed by atoms with Crippen molar-refractivity contribution in [3.05, 3.63) is 65.1 Å². The number of halogens is 1. The number of aryl methyl sites for hydroxylation is 1. The van der Waals surface area contributed by atoms with E-state index in [1.807, 2.05) is 25.5 Å². The Morgan fingerprint density at radius 3 is 2.39 bits per heavy atom. The van der Waals surface area contributed by atoms with Crippen LogP contribution in [0.25, 0.3) is 0 Å². The van der Waals surface area contributed by atoms with Crippen LogP contribution >= 0.6 is 0 Å². The number of anilines is 2. The van der Waals surface area contributed by atoms with Gasteiger partial charge in [-0.15, -0.1) is 0 Å². The number of imidazole rings is 1. The van der Waals surface area contributed by atoms with Crippen molar-refractivity contribution in [3.63, 3.8) is 0 Å². The van der Waals surface area contributed by atoms with Crippen LogP contribution in [0.4, 0.5) is 16.2 Å². The van der Waals surface area contributed by atoms with Crippen molar-refractivity contribution in [2.75, 3.05) is 17.7 Å². The van der Waals surface area contributed by atoms with E-state index in [-0.39, 0.29) is 22.8 Å². The Bertz CT molecular complexity index is 1160. The van der Waals surface area contributed by atoms with Crippen LogP contribution in [0.2, 0.25) is 0 Å². The summed E-state index contributed by atoms with van der Waals surface area (Å²) in [6.07, 6.45) is 12.9. The number of benzene rings is 1. The first-order valence-electron chi connectivity index (χ1n) is 12.1. The standard InChI is InChI=1S/C26H31FN6/c1-17-15-33(16-29-17)26-12-9-25(10-13-26,11-14-26)32-24-30-22-20(18-3-5-19(27)6-4-18)7-8-21(22)23(28-2)31-24/h3-6,15-16,20H,7-14H2,1-2H3,(H2,28,30,31,32)/t20-,25?,26?/m0/s1. The number of nitrogens with one attached hydrogen (secondary N) is 2. The van der Waals surface area contributed by atoms with E-state index in [2.05, 4.69) is 33.3 Å². The summed E-state index contributed by atoms with van der Waals surface area (Å²) in [5.41, 5.74) is 4.75. The second-order valence-electron chi connectivity index (χ2n) is 10.2. The second kappa shape index (κ2) is 7.54. The van der Waals surface area contributed by atoms with E-state index in [0.29, 0.717) is 0 Å². The molecule has 3 saturated carbocycles. The third-order valence-electron chi connectivity index (χ3n) is 8.40. The monoisotopic (exact) mass is 446 g/mol. The maximum absolute atomic E-state index is 13.5. The summed E-state index contributed by atoms with van der Waals surface area (Å²) in [7, 11) is 1.93.